The Bertz CT molecular complexity index is 198. The summed E-state index contributed by atoms with van der Waals surface area (Å²) in [5.41, 5.74) is 1.10. The maximum absolute atomic E-state index is 12.3. The van der Waals surface area contributed by atoms with E-state index in [4.69, 9.17) is 0 Å². The highest BCUT2D eigenvalue weighted by atomic mass is 19.1. The van der Waals surface area contributed by atoms with Crippen molar-refractivity contribution in [2.45, 2.75) is 13.8 Å². The van der Waals surface area contributed by atoms with Crippen LogP contribution in [0, 0.1) is 11.7 Å². The molecule has 0 aliphatic heterocycles. The van der Waals surface area contributed by atoms with Crippen LogP contribution in [-0.4, -0.2) is 0 Å². The maximum atomic E-state index is 12.3. The van der Waals surface area contributed by atoms with Gasteiger partial charge in [0.05, 0.1) is 0 Å². The molecule has 10 heavy (non-hydrogen) atoms. The molecule has 1 aromatic carbocycles. The number of halogens is 1. The van der Waals surface area contributed by atoms with Crippen molar-refractivity contribution in [3.63, 3.8) is 0 Å². The summed E-state index contributed by atoms with van der Waals surface area (Å²) in [4.78, 5) is 0. The predicted molar refractivity (Wildman–Crippen MR) is 40.1 cm³/mol. The van der Waals surface area contributed by atoms with Gasteiger partial charge in [0.15, 0.2) is 0 Å². The van der Waals surface area contributed by atoms with Crippen LogP contribution >= 0.6 is 0 Å². The van der Waals surface area contributed by atoms with E-state index >= 15 is 0 Å². The highest BCUT2D eigenvalue weighted by Gasteiger charge is 1.97. The molecule has 0 nitrogen and oxygen atoms in total. The minimum atomic E-state index is -0.176. The van der Waals surface area contributed by atoms with Crippen LogP contribution < -0.4 is 0 Å². The molecule has 0 bridgehead atoms. The highest BCUT2D eigenvalue weighted by Crippen LogP contribution is 2.12. The number of benzene rings is 1. The van der Waals surface area contributed by atoms with Gasteiger partial charge < -0.3 is 0 Å². The van der Waals surface area contributed by atoms with Gasteiger partial charge >= 0.3 is 0 Å². The molecule has 0 aromatic heterocycles. The summed E-state index contributed by atoms with van der Waals surface area (Å²) in [7, 11) is 0. The first-order valence-electron chi connectivity index (χ1n) is 3.26. The molecule has 0 spiro atoms. The lowest BCUT2D eigenvalue weighted by molar-refractivity contribution is 0.627. The summed E-state index contributed by atoms with van der Waals surface area (Å²) >= 11 is 0. The smallest absolute Gasteiger partial charge is 0.123 e. The normalized spacial score (nSPS) is 10.4. The van der Waals surface area contributed by atoms with Crippen LogP contribution in [0.25, 0.3) is 0 Å². The number of rotatable bonds is 1. The van der Waals surface area contributed by atoms with Crippen LogP contribution in [0.5, 0.6) is 0 Å². The minimum absolute atomic E-state index is 0.176. The summed E-state index contributed by atoms with van der Waals surface area (Å²) in [5, 5.41) is 0. The fourth-order valence-electron chi connectivity index (χ4n) is 0.783. The Morgan fingerprint density at radius 1 is 1.10 bits per heavy atom. The van der Waals surface area contributed by atoms with Gasteiger partial charge in [0.1, 0.15) is 5.82 Å². The van der Waals surface area contributed by atoms with Gasteiger partial charge in [-0.2, -0.15) is 0 Å². The molecule has 0 aliphatic carbocycles. The van der Waals surface area contributed by atoms with Gasteiger partial charge in [0.2, 0.25) is 0 Å². The second-order valence-electron chi connectivity index (χ2n) is 2.51. The SMILES string of the molecule is C[C](C)c1ccc(F)cc1. The van der Waals surface area contributed by atoms with E-state index in [0.717, 1.165) is 5.56 Å². The maximum Gasteiger partial charge on any atom is 0.123 e. The summed E-state index contributed by atoms with van der Waals surface area (Å²) in [6, 6.07) is 6.51. The fraction of sp³-hybridized carbons (Fsp3) is 0.222. The molecule has 0 saturated heterocycles. The van der Waals surface area contributed by atoms with Crippen LogP contribution in [-0.2, 0) is 0 Å². The topological polar surface area (TPSA) is 0 Å². The van der Waals surface area contributed by atoms with Crippen molar-refractivity contribution in [2.24, 2.45) is 0 Å². The molecule has 0 fully saturated rings. The van der Waals surface area contributed by atoms with E-state index in [9.17, 15) is 4.39 Å². The third kappa shape index (κ3) is 1.56. The van der Waals surface area contributed by atoms with Gasteiger partial charge in [-0.1, -0.05) is 26.0 Å². The van der Waals surface area contributed by atoms with Gasteiger partial charge in [-0.3, -0.25) is 0 Å². The Labute approximate surface area is 60.7 Å². The van der Waals surface area contributed by atoms with Crippen molar-refractivity contribution in [1.29, 1.82) is 0 Å². The van der Waals surface area contributed by atoms with E-state index in [1.54, 1.807) is 12.1 Å². The molecule has 0 amide bonds. The van der Waals surface area contributed by atoms with Crippen molar-refractivity contribution in [3.8, 4) is 0 Å². The Balaban J connectivity index is 2.89. The van der Waals surface area contributed by atoms with E-state index in [0.29, 0.717) is 0 Å². The van der Waals surface area contributed by atoms with Crippen molar-refractivity contribution in [1.82, 2.24) is 0 Å². The first-order chi connectivity index (χ1) is 4.70. The molecule has 1 heteroatoms. The molecular weight excluding hydrogens is 127 g/mol. The van der Waals surface area contributed by atoms with Gasteiger partial charge in [0.25, 0.3) is 0 Å². The molecule has 0 aliphatic rings. The van der Waals surface area contributed by atoms with E-state index < -0.39 is 0 Å². The minimum Gasteiger partial charge on any atom is -0.207 e. The zero-order valence-corrected chi connectivity index (χ0v) is 6.19. The van der Waals surface area contributed by atoms with Crippen molar-refractivity contribution in [2.75, 3.05) is 0 Å². The molecule has 0 saturated carbocycles. The predicted octanol–water partition coefficient (Wildman–Crippen LogP) is 2.79. The standard InChI is InChI=1S/C9H10F/c1-7(2)8-3-5-9(10)6-4-8/h3-6H,1-2H3. The average Bonchev–Trinajstić information content (AvgIpc) is 1.88. The second kappa shape index (κ2) is 2.82. The van der Waals surface area contributed by atoms with Gasteiger partial charge in [-0.15, -0.1) is 0 Å². The van der Waals surface area contributed by atoms with Crippen LogP contribution in [0.1, 0.15) is 19.4 Å². The largest absolute Gasteiger partial charge is 0.207 e. The Hall–Kier alpha value is -0.850. The molecule has 0 unspecified atom stereocenters. The summed E-state index contributed by atoms with van der Waals surface area (Å²) in [6.07, 6.45) is 0. The fourth-order valence-corrected chi connectivity index (χ4v) is 0.783. The zero-order valence-electron chi connectivity index (χ0n) is 6.19. The Kier molecular flexibility index (Phi) is 2.05. The Morgan fingerprint density at radius 3 is 2.00 bits per heavy atom. The summed E-state index contributed by atoms with van der Waals surface area (Å²) in [6.45, 7) is 4.01. The lowest BCUT2D eigenvalue weighted by atomic mass is 10.0. The molecule has 1 rings (SSSR count). The van der Waals surface area contributed by atoms with E-state index in [-0.39, 0.29) is 5.82 Å². The molecular formula is C9H10F. The second-order valence-corrected chi connectivity index (χ2v) is 2.51. The average molecular weight is 137 g/mol. The van der Waals surface area contributed by atoms with Gasteiger partial charge in [-0.25, -0.2) is 4.39 Å². The monoisotopic (exact) mass is 137 g/mol. The summed E-state index contributed by atoms with van der Waals surface area (Å²) < 4.78 is 12.3. The Morgan fingerprint density at radius 2 is 1.60 bits per heavy atom. The number of hydrogen-bond donors (Lipinski definition) is 0. The first kappa shape index (κ1) is 7.26. The third-order valence-electron chi connectivity index (χ3n) is 1.42. The van der Waals surface area contributed by atoms with Crippen molar-refractivity contribution < 1.29 is 4.39 Å². The number of hydrogen-bond acceptors (Lipinski definition) is 0. The van der Waals surface area contributed by atoms with Crippen LogP contribution in [0.4, 0.5) is 4.39 Å². The van der Waals surface area contributed by atoms with E-state index in [1.807, 2.05) is 13.8 Å². The van der Waals surface area contributed by atoms with Crippen LogP contribution in [0.15, 0.2) is 24.3 Å². The lowest BCUT2D eigenvalue weighted by Gasteiger charge is -2.01. The molecule has 1 radical (unpaired) electrons. The van der Waals surface area contributed by atoms with Gasteiger partial charge in [0, 0.05) is 0 Å². The van der Waals surface area contributed by atoms with Crippen LogP contribution in [0.3, 0.4) is 0 Å². The van der Waals surface area contributed by atoms with Crippen molar-refractivity contribution in [3.05, 3.63) is 41.6 Å². The first-order valence-corrected chi connectivity index (χ1v) is 3.26. The third-order valence-corrected chi connectivity index (χ3v) is 1.42. The molecule has 0 atom stereocenters. The zero-order chi connectivity index (χ0) is 7.56. The summed E-state index contributed by atoms with van der Waals surface area (Å²) in [5.74, 6) is 1.03. The van der Waals surface area contributed by atoms with Crippen LogP contribution in [0.2, 0.25) is 0 Å². The molecule has 0 N–H and O–H groups in total. The molecule has 1 aromatic rings. The molecule has 53 valence electrons. The van der Waals surface area contributed by atoms with E-state index in [1.165, 1.54) is 18.1 Å². The van der Waals surface area contributed by atoms with Crippen molar-refractivity contribution >= 4 is 0 Å². The molecule has 0 heterocycles. The quantitative estimate of drug-likeness (QED) is 0.558. The van der Waals surface area contributed by atoms with E-state index in [2.05, 4.69) is 0 Å². The highest BCUT2D eigenvalue weighted by molar-refractivity contribution is 5.27. The van der Waals surface area contributed by atoms with Gasteiger partial charge in [-0.05, 0) is 23.6 Å². The lowest BCUT2D eigenvalue weighted by Crippen LogP contribution is -1.86.